The topological polar surface area (TPSA) is 58.5 Å². The normalized spacial score (nSPS) is 32.4. The van der Waals surface area contributed by atoms with Gasteiger partial charge >= 0.3 is 0 Å². The zero-order chi connectivity index (χ0) is 16.9. The van der Waals surface area contributed by atoms with Gasteiger partial charge in [-0.15, -0.1) is 24.8 Å². The molecule has 2 bridgehead atoms. The second kappa shape index (κ2) is 8.39. The van der Waals surface area contributed by atoms with Crippen LogP contribution >= 0.6 is 24.8 Å². The first-order valence-electron chi connectivity index (χ1n) is 9.73. The highest BCUT2D eigenvalue weighted by atomic mass is 35.5. The number of hydrogen-bond acceptors (Lipinski definition) is 5. The molecular weight excluding hydrogens is 387 g/mol. The molecule has 1 aromatic heterocycles. The largest absolute Gasteiger partial charge is 0.371 e. The van der Waals surface area contributed by atoms with Crippen molar-refractivity contribution >= 4 is 24.8 Å². The number of piperidine rings is 1. The van der Waals surface area contributed by atoms with Gasteiger partial charge in [0, 0.05) is 56.4 Å². The van der Waals surface area contributed by atoms with E-state index in [9.17, 15) is 4.79 Å². The maximum Gasteiger partial charge on any atom is 0.255 e. The van der Waals surface area contributed by atoms with Gasteiger partial charge < -0.3 is 19.9 Å². The second-order valence-corrected chi connectivity index (χ2v) is 8.33. The summed E-state index contributed by atoms with van der Waals surface area (Å²) in [6.07, 6.45) is 2.30. The molecule has 0 saturated carbocycles. The highest BCUT2D eigenvalue weighted by molar-refractivity contribution is 5.85. The van der Waals surface area contributed by atoms with E-state index in [4.69, 9.17) is 4.74 Å². The van der Waals surface area contributed by atoms with E-state index in [-0.39, 0.29) is 36.0 Å². The van der Waals surface area contributed by atoms with Crippen molar-refractivity contribution in [2.45, 2.75) is 37.5 Å². The number of ether oxygens (including phenoxy) is 1. The van der Waals surface area contributed by atoms with E-state index >= 15 is 0 Å². The summed E-state index contributed by atoms with van der Waals surface area (Å²) >= 11 is 0. The lowest BCUT2D eigenvalue weighted by Gasteiger charge is -2.40. The molecule has 0 aliphatic carbocycles. The minimum atomic E-state index is -0.0364. The van der Waals surface area contributed by atoms with E-state index in [0.29, 0.717) is 11.8 Å². The molecule has 8 heteroatoms. The van der Waals surface area contributed by atoms with Crippen molar-refractivity contribution in [2.75, 3.05) is 45.9 Å². The van der Waals surface area contributed by atoms with Crippen LogP contribution in [0.1, 0.15) is 30.0 Å². The number of hydrogen-bond donors (Lipinski definition) is 2. The molecule has 0 amide bonds. The molecule has 6 nitrogen and oxygen atoms in total. The molecule has 1 spiro atoms. The standard InChI is InChI=1S/C19H28N4O2.2ClH/c24-18-15(11-22-5-6-25-19(13-22)3-4-20-12-19)1-2-17-16-7-14(8-21-9-16)10-23(17)18;;/h1-2,14,16,20-21H,3-13H2;2*1H/t14-,16+,19?;;/m0../s1. The number of pyridine rings is 1. The molecule has 3 atom stereocenters. The molecule has 1 aromatic rings. The maximum atomic E-state index is 13.1. The summed E-state index contributed by atoms with van der Waals surface area (Å²) in [6.45, 7) is 8.26. The lowest BCUT2D eigenvalue weighted by atomic mass is 9.84. The molecule has 152 valence electrons. The Balaban J connectivity index is 0.00000105. The van der Waals surface area contributed by atoms with Crippen LogP contribution in [0.3, 0.4) is 0 Å². The van der Waals surface area contributed by atoms with Gasteiger partial charge in [-0.1, -0.05) is 6.07 Å². The third kappa shape index (κ3) is 3.93. The van der Waals surface area contributed by atoms with Gasteiger partial charge in [-0.25, -0.2) is 0 Å². The SMILES string of the molecule is Cl.Cl.O=c1c(CN2CCOC3(CCNC3)C2)ccc2n1C[C@@H]1CNC[C@H]2C1. The Labute approximate surface area is 172 Å². The van der Waals surface area contributed by atoms with Crippen LogP contribution in [-0.4, -0.2) is 60.9 Å². The van der Waals surface area contributed by atoms with Crippen LogP contribution in [0.5, 0.6) is 0 Å². The van der Waals surface area contributed by atoms with E-state index in [1.54, 1.807) is 0 Å². The van der Waals surface area contributed by atoms with Gasteiger partial charge in [0.25, 0.3) is 5.56 Å². The number of nitrogens with one attached hydrogen (secondary N) is 2. The zero-order valence-electron chi connectivity index (χ0n) is 15.6. The Morgan fingerprint density at radius 3 is 2.93 bits per heavy atom. The molecular formula is C19H30Cl2N4O2. The first-order valence-corrected chi connectivity index (χ1v) is 9.73. The predicted molar refractivity (Wildman–Crippen MR) is 110 cm³/mol. The number of aromatic nitrogens is 1. The summed E-state index contributed by atoms with van der Waals surface area (Å²) in [5.41, 5.74) is 2.38. The Kier molecular flexibility index (Phi) is 6.56. The minimum Gasteiger partial charge on any atom is -0.371 e. The number of rotatable bonds is 2. The quantitative estimate of drug-likeness (QED) is 0.751. The maximum absolute atomic E-state index is 13.1. The van der Waals surface area contributed by atoms with Crippen LogP contribution in [0.25, 0.3) is 0 Å². The average molecular weight is 417 g/mol. The van der Waals surface area contributed by atoms with Crippen molar-refractivity contribution in [1.29, 1.82) is 0 Å². The molecule has 27 heavy (non-hydrogen) atoms. The Morgan fingerprint density at radius 2 is 2.11 bits per heavy atom. The molecule has 5 rings (SSSR count). The monoisotopic (exact) mass is 416 g/mol. The fraction of sp³-hybridized carbons (Fsp3) is 0.737. The second-order valence-electron chi connectivity index (χ2n) is 8.33. The van der Waals surface area contributed by atoms with Crippen molar-refractivity contribution in [3.05, 3.63) is 33.7 Å². The van der Waals surface area contributed by atoms with Gasteiger partial charge in [-0.3, -0.25) is 9.69 Å². The molecule has 3 saturated heterocycles. The minimum absolute atomic E-state index is 0. The first kappa shape index (κ1) is 21.1. The number of morpholine rings is 1. The van der Waals surface area contributed by atoms with Crippen LogP contribution < -0.4 is 16.2 Å². The smallest absolute Gasteiger partial charge is 0.255 e. The lowest BCUT2D eigenvalue weighted by Crippen LogP contribution is -2.53. The van der Waals surface area contributed by atoms with Gasteiger partial charge in [-0.05, 0) is 37.9 Å². The van der Waals surface area contributed by atoms with Crippen molar-refractivity contribution in [3.63, 3.8) is 0 Å². The summed E-state index contributed by atoms with van der Waals surface area (Å²) in [5, 5.41) is 6.93. The third-order valence-corrected chi connectivity index (χ3v) is 6.51. The van der Waals surface area contributed by atoms with E-state index in [2.05, 4.69) is 32.2 Å². The van der Waals surface area contributed by atoms with E-state index in [0.717, 1.165) is 70.9 Å². The van der Waals surface area contributed by atoms with E-state index in [1.165, 1.54) is 12.1 Å². The van der Waals surface area contributed by atoms with Gasteiger partial charge in [0.2, 0.25) is 0 Å². The molecule has 5 heterocycles. The lowest BCUT2D eigenvalue weighted by molar-refractivity contribution is -0.0985. The molecule has 1 unspecified atom stereocenters. The number of halogens is 2. The molecule has 4 aliphatic rings. The highest BCUT2D eigenvalue weighted by Gasteiger charge is 2.39. The van der Waals surface area contributed by atoms with Crippen molar-refractivity contribution < 1.29 is 4.74 Å². The summed E-state index contributed by atoms with van der Waals surface area (Å²) in [5.74, 6) is 1.11. The van der Waals surface area contributed by atoms with Gasteiger partial charge in [0.05, 0.1) is 12.2 Å². The Bertz CT molecular complexity index is 720. The summed E-state index contributed by atoms with van der Waals surface area (Å²) in [6, 6.07) is 4.29. The number of nitrogens with zero attached hydrogens (tertiary/aromatic N) is 2. The van der Waals surface area contributed by atoms with Crippen LogP contribution in [-0.2, 0) is 17.8 Å². The Morgan fingerprint density at radius 1 is 1.22 bits per heavy atom. The van der Waals surface area contributed by atoms with Crippen LogP contribution in [0.15, 0.2) is 16.9 Å². The molecule has 3 fully saturated rings. The fourth-order valence-electron chi connectivity index (χ4n) is 5.23. The third-order valence-electron chi connectivity index (χ3n) is 6.51. The highest BCUT2D eigenvalue weighted by Crippen LogP contribution is 2.32. The summed E-state index contributed by atoms with van der Waals surface area (Å²) in [4.78, 5) is 15.5. The fourth-order valence-corrected chi connectivity index (χ4v) is 5.23. The van der Waals surface area contributed by atoms with Crippen molar-refractivity contribution in [2.24, 2.45) is 5.92 Å². The van der Waals surface area contributed by atoms with Crippen LogP contribution in [0.2, 0.25) is 0 Å². The van der Waals surface area contributed by atoms with Gasteiger partial charge in [-0.2, -0.15) is 0 Å². The summed E-state index contributed by atoms with van der Waals surface area (Å²) < 4.78 is 8.14. The molecule has 2 N–H and O–H groups in total. The van der Waals surface area contributed by atoms with Crippen LogP contribution in [0.4, 0.5) is 0 Å². The number of fused-ring (bicyclic) bond motifs is 4. The molecule has 0 aromatic carbocycles. The molecule has 4 aliphatic heterocycles. The summed E-state index contributed by atoms with van der Waals surface area (Å²) in [7, 11) is 0. The average Bonchev–Trinajstić information content (AvgIpc) is 3.06. The van der Waals surface area contributed by atoms with Crippen molar-refractivity contribution in [1.82, 2.24) is 20.1 Å². The van der Waals surface area contributed by atoms with E-state index in [1.807, 2.05) is 0 Å². The van der Waals surface area contributed by atoms with Gasteiger partial charge in [0.1, 0.15) is 0 Å². The molecule has 0 radical (unpaired) electrons. The zero-order valence-corrected chi connectivity index (χ0v) is 17.2. The van der Waals surface area contributed by atoms with Crippen LogP contribution in [0, 0.1) is 5.92 Å². The predicted octanol–water partition coefficient (Wildman–Crippen LogP) is 0.963. The first-order chi connectivity index (χ1) is 12.2. The van der Waals surface area contributed by atoms with E-state index < -0.39 is 0 Å². The Hall–Kier alpha value is -0.630. The van der Waals surface area contributed by atoms with Gasteiger partial charge in [0.15, 0.2) is 0 Å². The van der Waals surface area contributed by atoms with Crippen molar-refractivity contribution in [3.8, 4) is 0 Å².